The Morgan fingerprint density at radius 3 is 2.29 bits per heavy atom. The van der Waals surface area contributed by atoms with Crippen molar-refractivity contribution >= 4 is 11.7 Å². The normalized spacial score (nSPS) is 16.4. The Balaban J connectivity index is 0.00000114. The Kier molecular flexibility index (Phi) is 10.8. The fourth-order valence-corrected chi connectivity index (χ4v) is 3.16. The molecule has 1 aliphatic rings. The van der Waals surface area contributed by atoms with Gasteiger partial charge in [-0.3, -0.25) is 0 Å². The molecule has 200 valence electrons. The molecule has 0 radical (unpaired) electrons. The second-order valence-electron chi connectivity index (χ2n) is 8.47. The molecule has 1 atom stereocenters. The van der Waals surface area contributed by atoms with Gasteiger partial charge in [-0.2, -0.15) is 31.4 Å². The molecule has 8 nitrogen and oxygen atoms in total. The number of alkyl halides is 6. The van der Waals surface area contributed by atoms with E-state index in [0.717, 1.165) is 18.7 Å². The summed E-state index contributed by atoms with van der Waals surface area (Å²) in [7, 11) is 4.75. The minimum absolute atomic E-state index is 0.0481. The number of nitrogens with two attached hydrogens (primary N) is 1. The second-order valence-corrected chi connectivity index (χ2v) is 8.47. The summed E-state index contributed by atoms with van der Waals surface area (Å²) < 4.78 is 82.8. The van der Waals surface area contributed by atoms with Gasteiger partial charge < -0.3 is 20.7 Å². The molecule has 0 spiro atoms. The van der Waals surface area contributed by atoms with Crippen LogP contribution in [0.5, 0.6) is 0 Å². The average Bonchev–Trinajstić information content (AvgIpc) is 3.32. The predicted octanol–water partition coefficient (Wildman–Crippen LogP) is 3.93. The zero-order chi connectivity index (χ0) is 27.0. The number of aryl methyl sites for hydroxylation is 1. The highest BCUT2D eigenvalue weighted by molar-refractivity contribution is 5.77. The van der Waals surface area contributed by atoms with Crippen LogP contribution in [0.2, 0.25) is 0 Å². The van der Waals surface area contributed by atoms with Gasteiger partial charge in [-0.1, -0.05) is 13.8 Å². The van der Waals surface area contributed by atoms with Gasteiger partial charge in [-0.25, -0.2) is 14.3 Å². The Bertz CT molecular complexity index is 945. The number of ether oxygens (including phenoxy) is 1. The molecular formula is C21H32F6N6O2. The van der Waals surface area contributed by atoms with Crippen molar-refractivity contribution < 1.29 is 35.9 Å². The van der Waals surface area contributed by atoms with Gasteiger partial charge in [-0.15, -0.1) is 0 Å². The lowest BCUT2D eigenvalue weighted by Crippen LogP contribution is -2.40. The first-order chi connectivity index (χ1) is 16.2. The molecule has 3 rings (SSSR count). The largest absolute Gasteiger partial charge is 0.410 e. The van der Waals surface area contributed by atoms with E-state index < -0.39 is 36.4 Å². The van der Waals surface area contributed by atoms with Crippen molar-refractivity contribution in [1.29, 1.82) is 0 Å². The van der Waals surface area contributed by atoms with Gasteiger partial charge in [0.25, 0.3) is 0 Å². The standard InChI is InChI=1S/C18H21F6N5O.C2H6O.CH5N/c1-16(2,18(22,23)24)5-3-4-12-9-29-14(26-12)6-11(7-25-29)8-28-10-13(17(19,20)21)27-15(28)30;1-3-2;1-2/h6-7,9,13H,3-5,8,10H2,1-2H3,(H,27,30);1-2H3;2H2,1H3. The van der Waals surface area contributed by atoms with E-state index in [0.29, 0.717) is 23.3 Å². The number of imidazole rings is 1. The van der Waals surface area contributed by atoms with E-state index in [1.807, 2.05) is 5.32 Å². The van der Waals surface area contributed by atoms with E-state index in [2.05, 4.69) is 20.6 Å². The highest BCUT2D eigenvalue weighted by Gasteiger charge is 2.47. The number of hydrogen-bond donors (Lipinski definition) is 2. The second kappa shape index (κ2) is 12.4. The van der Waals surface area contributed by atoms with E-state index in [4.69, 9.17) is 0 Å². The number of methoxy groups -OCH3 is 1. The van der Waals surface area contributed by atoms with E-state index in [1.54, 1.807) is 26.5 Å². The highest BCUT2D eigenvalue weighted by Crippen LogP contribution is 2.41. The number of fused-ring (bicyclic) bond motifs is 1. The molecule has 0 aliphatic carbocycles. The summed E-state index contributed by atoms with van der Waals surface area (Å²) in [6.45, 7) is 1.75. The molecule has 1 fully saturated rings. The summed E-state index contributed by atoms with van der Waals surface area (Å²) in [6, 6.07) is -1.14. The number of amides is 2. The molecule has 2 aromatic heterocycles. The first kappa shape index (κ1) is 30.4. The van der Waals surface area contributed by atoms with E-state index >= 15 is 0 Å². The molecule has 0 aromatic carbocycles. The number of rotatable bonds is 6. The van der Waals surface area contributed by atoms with Crippen LogP contribution in [0.4, 0.5) is 31.1 Å². The number of hydrogen-bond acceptors (Lipinski definition) is 5. The monoisotopic (exact) mass is 514 g/mol. The number of nitrogens with zero attached hydrogens (tertiary/aromatic N) is 4. The topological polar surface area (TPSA) is 97.8 Å². The van der Waals surface area contributed by atoms with Crippen LogP contribution in [0.25, 0.3) is 5.65 Å². The number of halogens is 6. The summed E-state index contributed by atoms with van der Waals surface area (Å²) in [6.07, 6.45) is -5.22. The summed E-state index contributed by atoms with van der Waals surface area (Å²) in [5.74, 6) is 0. The van der Waals surface area contributed by atoms with Gasteiger partial charge in [0.15, 0.2) is 5.65 Å². The van der Waals surface area contributed by atoms with Crippen molar-refractivity contribution in [3.8, 4) is 0 Å². The Morgan fingerprint density at radius 2 is 1.77 bits per heavy atom. The van der Waals surface area contributed by atoms with E-state index in [9.17, 15) is 31.1 Å². The predicted molar refractivity (Wildman–Crippen MR) is 118 cm³/mol. The van der Waals surface area contributed by atoms with Gasteiger partial charge in [0.2, 0.25) is 0 Å². The first-order valence-corrected chi connectivity index (χ1v) is 10.7. The molecule has 2 aromatic rings. The summed E-state index contributed by atoms with van der Waals surface area (Å²) >= 11 is 0. The maximum absolute atomic E-state index is 12.9. The van der Waals surface area contributed by atoms with Crippen LogP contribution >= 0.6 is 0 Å². The minimum Gasteiger partial charge on any atom is -0.388 e. The molecule has 1 saturated heterocycles. The third kappa shape index (κ3) is 8.53. The number of aromatic nitrogens is 3. The lowest BCUT2D eigenvalue weighted by molar-refractivity contribution is -0.213. The van der Waals surface area contributed by atoms with Crippen molar-refractivity contribution in [3.63, 3.8) is 0 Å². The molecule has 0 saturated carbocycles. The minimum atomic E-state index is -4.52. The zero-order valence-corrected chi connectivity index (χ0v) is 20.3. The zero-order valence-electron chi connectivity index (χ0n) is 20.3. The van der Waals surface area contributed by atoms with Crippen molar-refractivity contribution in [2.24, 2.45) is 11.1 Å². The van der Waals surface area contributed by atoms with Gasteiger partial charge >= 0.3 is 18.4 Å². The Labute approximate surface area is 199 Å². The molecule has 0 bridgehead atoms. The summed E-state index contributed by atoms with van der Waals surface area (Å²) in [5, 5.41) is 6.02. The van der Waals surface area contributed by atoms with Crippen molar-refractivity contribution in [1.82, 2.24) is 24.8 Å². The maximum atomic E-state index is 12.9. The SMILES string of the molecule is CC(C)(CCCc1cn2ncc(CN3CC(C(F)(F)F)NC3=O)cc2n1)C(F)(F)F.CN.COC. The lowest BCUT2D eigenvalue weighted by atomic mass is 9.86. The lowest BCUT2D eigenvalue weighted by Gasteiger charge is -2.27. The molecule has 2 amide bonds. The molecule has 1 aliphatic heterocycles. The molecule has 3 heterocycles. The third-order valence-electron chi connectivity index (χ3n) is 5.19. The number of urea groups is 1. The maximum Gasteiger partial charge on any atom is 0.410 e. The van der Waals surface area contributed by atoms with Crippen LogP contribution in [0, 0.1) is 5.41 Å². The number of nitrogens with one attached hydrogen (secondary N) is 1. The van der Waals surface area contributed by atoms with Gasteiger partial charge in [0, 0.05) is 20.8 Å². The fraction of sp³-hybridized carbons (Fsp3) is 0.667. The Morgan fingerprint density at radius 1 is 1.17 bits per heavy atom. The third-order valence-corrected chi connectivity index (χ3v) is 5.19. The number of carbonyl (C=O) groups is 1. The van der Waals surface area contributed by atoms with E-state index in [1.165, 1.54) is 17.8 Å². The van der Waals surface area contributed by atoms with Crippen LogP contribution in [0.15, 0.2) is 18.5 Å². The highest BCUT2D eigenvalue weighted by atomic mass is 19.4. The smallest absolute Gasteiger partial charge is 0.388 e. The van der Waals surface area contributed by atoms with Crippen LogP contribution in [-0.4, -0.2) is 71.7 Å². The Hall–Kier alpha value is -2.61. The molecule has 1 unspecified atom stereocenters. The van der Waals surface area contributed by atoms with Gasteiger partial charge in [-0.05, 0) is 37.9 Å². The molecule has 35 heavy (non-hydrogen) atoms. The van der Waals surface area contributed by atoms with Crippen molar-refractivity contribution in [2.45, 2.75) is 58.0 Å². The van der Waals surface area contributed by atoms with Crippen LogP contribution in [-0.2, 0) is 17.7 Å². The van der Waals surface area contributed by atoms with Crippen LogP contribution in [0.1, 0.15) is 37.9 Å². The molecule has 3 N–H and O–H groups in total. The fourth-order valence-electron chi connectivity index (χ4n) is 3.16. The van der Waals surface area contributed by atoms with Crippen molar-refractivity contribution in [3.05, 3.63) is 29.7 Å². The van der Waals surface area contributed by atoms with E-state index in [-0.39, 0.29) is 19.4 Å². The molecular weight excluding hydrogens is 482 g/mol. The molecule has 14 heteroatoms. The van der Waals surface area contributed by atoms with Crippen molar-refractivity contribution in [2.75, 3.05) is 27.8 Å². The van der Waals surface area contributed by atoms with Crippen LogP contribution in [0.3, 0.4) is 0 Å². The summed E-state index contributed by atoms with van der Waals surface area (Å²) in [5.41, 5.74) is 4.18. The van der Waals surface area contributed by atoms with Crippen LogP contribution < -0.4 is 11.1 Å². The number of carbonyl (C=O) groups excluding carboxylic acids is 1. The first-order valence-electron chi connectivity index (χ1n) is 10.7. The quantitative estimate of drug-likeness (QED) is 0.570. The van der Waals surface area contributed by atoms with Gasteiger partial charge in [0.05, 0.1) is 30.0 Å². The summed E-state index contributed by atoms with van der Waals surface area (Å²) in [4.78, 5) is 17.1. The van der Waals surface area contributed by atoms with Gasteiger partial charge in [0.1, 0.15) is 6.04 Å². The average molecular weight is 515 g/mol.